The van der Waals surface area contributed by atoms with Crippen molar-refractivity contribution < 1.29 is 53.9 Å². The highest BCUT2D eigenvalue weighted by atomic mass is 16.6. The van der Waals surface area contributed by atoms with Gasteiger partial charge < -0.3 is 41.0 Å². The Balaban J connectivity index is 1.92. The fourth-order valence-corrected chi connectivity index (χ4v) is 6.35. The molecule has 3 aliphatic carbocycles. The van der Waals surface area contributed by atoms with Gasteiger partial charge in [0.05, 0.1) is 17.5 Å². The van der Waals surface area contributed by atoms with Gasteiger partial charge in [-0.15, -0.1) is 0 Å². The quantitative estimate of drug-likeness (QED) is 0.203. The zero-order valence-electron chi connectivity index (χ0n) is 24.5. The number of carbonyl (C=O) groups excluding carboxylic acids is 5. The molecule has 0 fully saturated rings. The first-order chi connectivity index (χ1) is 19.8. The Kier molecular flexibility index (Phi) is 7.83. The van der Waals surface area contributed by atoms with Gasteiger partial charge in [-0.2, -0.15) is 0 Å². The van der Waals surface area contributed by atoms with Crippen molar-refractivity contribution in [3.63, 3.8) is 0 Å². The number of phenolic OH excluding ortho intramolecular Hbond substituents is 1. The highest BCUT2D eigenvalue weighted by Gasteiger charge is 2.68. The van der Waals surface area contributed by atoms with Crippen molar-refractivity contribution >= 4 is 29.5 Å². The molecule has 232 valence electrons. The molecule has 0 aliphatic heterocycles. The molecule has 0 radical (unpaired) electrons. The zero-order valence-corrected chi connectivity index (χ0v) is 24.5. The molecule has 1 aromatic rings. The third kappa shape index (κ3) is 4.99. The molecule has 3 aliphatic rings. The fraction of sp³-hybridized carbons (Fsp3) is 0.483. The summed E-state index contributed by atoms with van der Waals surface area (Å²) in [5.41, 5.74) is 0.0758. The Morgan fingerprint density at radius 3 is 2.30 bits per heavy atom. The van der Waals surface area contributed by atoms with Crippen molar-refractivity contribution in [2.24, 2.45) is 17.6 Å². The van der Waals surface area contributed by atoms with E-state index in [9.17, 15) is 44.4 Å². The van der Waals surface area contributed by atoms with Crippen LogP contribution in [-0.2, 0) is 23.9 Å². The predicted octanol–water partition coefficient (Wildman–Crippen LogP) is 0.728. The van der Waals surface area contributed by atoms with Crippen LogP contribution in [0.3, 0.4) is 0 Å². The van der Waals surface area contributed by atoms with Gasteiger partial charge in [-0.25, -0.2) is 4.79 Å². The number of carbonyl (C=O) groups is 5. The molecule has 0 saturated carbocycles. The second-order valence-corrected chi connectivity index (χ2v) is 12.1. The number of benzene rings is 1. The summed E-state index contributed by atoms with van der Waals surface area (Å²) in [6, 6.07) is 2.88. The highest BCUT2D eigenvalue weighted by molar-refractivity contribution is 6.25. The smallest absolute Gasteiger partial charge is 0.408 e. The molecule has 0 bridgehead atoms. The van der Waals surface area contributed by atoms with Gasteiger partial charge in [0.2, 0.25) is 5.78 Å². The molecule has 14 nitrogen and oxygen atoms in total. The van der Waals surface area contributed by atoms with E-state index < -0.39 is 106 Å². The fourth-order valence-electron chi connectivity index (χ4n) is 6.35. The third-order valence-electron chi connectivity index (χ3n) is 8.01. The van der Waals surface area contributed by atoms with E-state index in [1.165, 1.54) is 31.1 Å². The minimum absolute atomic E-state index is 0.188. The lowest BCUT2D eigenvalue weighted by molar-refractivity contribution is -0.180. The summed E-state index contributed by atoms with van der Waals surface area (Å²) in [5, 5.41) is 47.5. The number of primary amides is 1. The average Bonchev–Trinajstić information content (AvgIpc) is 2.87. The first-order valence-electron chi connectivity index (χ1n) is 13.5. The lowest BCUT2D eigenvalue weighted by Crippen LogP contribution is -2.69. The standard InChI is InChI=1S/C29H35N3O11/c1-11-12-8-7-9-13(33)16(12)21(35)17-15(11)23(42-14(34)10-31-27(40)43-28(2,3)4)19-20(32(5)6)22(36)18(26(30)39)25(38)29(19,41)24(17)37/h7-9,11,15,19-20,23,33,36-37,41H,10H2,1-6H3,(H2,30,39)(H,31,40)/t11-,15+,19+,20-,23-,29-/m0/s1. The monoisotopic (exact) mass is 601 g/mol. The van der Waals surface area contributed by atoms with E-state index in [-0.39, 0.29) is 5.56 Å². The Labute approximate surface area is 246 Å². The third-order valence-corrected chi connectivity index (χ3v) is 8.01. The number of aromatic hydroxyl groups is 1. The van der Waals surface area contributed by atoms with Crippen molar-refractivity contribution in [2.75, 3.05) is 20.6 Å². The second-order valence-electron chi connectivity index (χ2n) is 12.1. The van der Waals surface area contributed by atoms with Gasteiger partial charge in [0.15, 0.2) is 11.4 Å². The Hall–Kier alpha value is -4.43. The summed E-state index contributed by atoms with van der Waals surface area (Å²) in [5.74, 6) is -10.9. The maximum Gasteiger partial charge on any atom is 0.408 e. The van der Waals surface area contributed by atoms with Gasteiger partial charge in [0.25, 0.3) is 5.91 Å². The highest BCUT2D eigenvalue weighted by Crippen LogP contribution is 2.56. The lowest BCUT2D eigenvalue weighted by atomic mass is 9.55. The Morgan fingerprint density at radius 2 is 1.74 bits per heavy atom. The lowest BCUT2D eigenvalue weighted by Gasteiger charge is -2.54. The largest absolute Gasteiger partial charge is 0.510 e. The Morgan fingerprint density at radius 1 is 1.12 bits per heavy atom. The van der Waals surface area contributed by atoms with E-state index in [1.54, 1.807) is 33.8 Å². The van der Waals surface area contributed by atoms with E-state index in [0.717, 1.165) is 0 Å². The number of ketones is 2. The molecular formula is C29H35N3O11. The molecule has 0 saturated heterocycles. The number of phenols is 1. The summed E-state index contributed by atoms with van der Waals surface area (Å²) in [6.45, 7) is 5.77. The van der Waals surface area contributed by atoms with Crippen LogP contribution >= 0.6 is 0 Å². The number of rotatable bonds is 5. The molecule has 0 unspecified atom stereocenters. The van der Waals surface area contributed by atoms with Gasteiger partial charge in [0.1, 0.15) is 41.1 Å². The number of nitrogens with two attached hydrogens (primary N) is 1. The maximum atomic E-state index is 13.8. The van der Waals surface area contributed by atoms with Gasteiger partial charge in [0, 0.05) is 11.5 Å². The van der Waals surface area contributed by atoms with Crippen LogP contribution in [0.4, 0.5) is 4.79 Å². The zero-order chi connectivity index (χ0) is 32.3. The molecule has 7 N–H and O–H groups in total. The van der Waals surface area contributed by atoms with Crippen molar-refractivity contribution in [3.8, 4) is 5.75 Å². The minimum atomic E-state index is -3.07. The molecule has 6 atom stereocenters. The summed E-state index contributed by atoms with van der Waals surface area (Å²) in [6.07, 6.45) is -2.54. The molecule has 14 heteroatoms. The van der Waals surface area contributed by atoms with Crippen LogP contribution in [0, 0.1) is 11.8 Å². The van der Waals surface area contributed by atoms with E-state index >= 15 is 0 Å². The number of aliphatic hydroxyl groups is 3. The van der Waals surface area contributed by atoms with Crippen molar-refractivity contribution in [1.29, 1.82) is 0 Å². The van der Waals surface area contributed by atoms with Gasteiger partial charge >= 0.3 is 12.1 Å². The van der Waals surface area contributed by atoms with Gasteiger partial charge in [-0.1, -0.05) is 19.1 Å². The minimum Gasteiger partial charge on any atom is -0.510 e. The van der Waals surface area contributed by atoms with Crippen LogP contribution in [0.15, 0.2) is 40.9 Å². The van der Waals surface area contributed by atoms with Gasteiger partial charge in [-0.05, 0) is 52.4 Å². The van der Waals surface area contributed by atoms with E-state index in [2.05, 4.69) is 5.32 Å². The SMILES string of the molecule is C[C@H]1c2cccc(O)c2C(=O)C2=C(O)[C@]3(O)C(=O)C(C(N)=O)=C(O)[C@@H](N(C)C)[C@@H]3[C@@H](OC(=O)CNC(=O)OC(C)(C)C)[C@@H]21. The Bertz CT molecular complexity index is 1490. The average molecular weight is 602 g/mol. The van der Waals surface area contributed by atoms with Crippen molar-refractivity contribution in [3.05, 3.63) is 52.0 Å². The van der Waals surface area contributed by atoms with Crippen LogP contribution in [0.1, 0.15) is 49.5 Å². The molecule has 0 spiro atoms. The molecule has 4 rings (SSSR count). The maximum absolute atomic E-state index is 13.8. The number of hydrogen-bond acceptors (Lipinski definition) is 12. The second kappa shape index (κ2) is 10.7. The van der Waals surface area contributed by atoms with Crippen LogP contribution < -0.4 is 11.1 Å². The molecule has 0 heterocycles. The number of aliphatic hydroxyl groups excluding tert-OH is 2. The first-order valence-corrected chi connectivity index (χ1v) is 13.5. The first kappa shape index (κ1) is 31.5. The number of amides is 2. The van der Waals surface area contributed by atoms with E-state index in [0.29, 0.717) is 5.56 Å². The van der Waals surface area contributed by atoms with Crippen LogP contribution in [0.2, 0.25) is 0 Å². The number of hydrogen-bond donors (Lipinski definition) is 6. The van der Waals surface area contributed by atoms with Crippen molar-refractivity contribution in [2.45, 2.75) is 57.0 Å². The number of nitrogens with zero attached hydrogens (tertiary/aromatic N) is 1. The molecule has 1 aromatic carbocycles. The number of ether oxygens (including phenoxy) is 2. The number of likely N-dealkylation sites (N-methyl/N-ethyl adjacent to an activating group) is 1. The topological polar surface area (TPSA) is 226 Å². The predicted molar refractivity (Wildman–Crippen MR) is 148 cm³/mol. The van der Waals surface area contributed by atoms with E-state index in [1.807, 2.05) is 0 Å². The number of esters is 1. The normalized spacial score (nSPS) is 28.6. The number of fused-ring (bicyclic) bond motifs is 3. The van der Waals surface area contributed by atoms with Gasteiger partial charge in [-0.3, -0.25) is 24.1 Å². The molecule has 43 heavy (non-hydrogen) atoms. The molecule has 0 aromatic heterocycles. The van der Waals surface area contributed by atoms with E-state index in [4.69, 9.17) is 15.2 Å². The number of nitrogens with one attached hydrogen (secondary N) is 1. The van der Waals surface area contributed by atoms with Crippen molar-refractivity contribution in [1.82, 2.24) is 10.2 Å². The summed E-state index contributed by atoms with van der Waals surface area (Å²) in [4.78, 5) is 66.5. The summed E-state index contributed by atoms with van der Waals surface area (Å²) < 4.78 is 10.9. The number of alkyl carbamates (subject to hydrolysis) is 1. The van der Waals surface area contributed by atoms with Crippen LogP contribution in [-0.4, -0.2) is 98.9 Å². The number of Topliss-reactive ketones (excluding diaryl/α,β-unsaturated/α-hetero) is 2. The van der Waals surface area contributed by atoms with Crippen LogP contribution in [0.25, 0.3) is 0 Å². The molecular weight excluding hydrogens is 566 g/mol. The van der Waals surface area contributed by atoms with Crippen LogP contribution in [0.5, 0.6) is 5.75 Å². The molecule has 2 amide bonds. The summed E-state index contributed by atoms with van der Waals surface area (Å²) in [7, 11) is 2.88. The summed E-state index contributed by atoms with van der Waals surface area (Å²) >= 11 is 0.